The monoisotopic (exact) mass is 256 g/mol. The molecule has 2 nitrogen and oxygen atoms in total. The molecule has 0 aromatic heterocycles. The van der Waals surface area contributed by atoms with Gasteiger partial charge in [-0.3, -0.25) is 0 Å². The van der Waals surface area contributed by atoms with E-state index in [1.807, 2.05) is 50.2 Å². The molecule has 1 N–H and O–H groups in total. The predicted molar refractivity (Wildman–Crippen MR) is 77.6 cm³/mol. The molecular formula is C17H20O2. The summed E-state index contributed by atoms with van der Waals surface area (Å²) in [4.78, 5) is 0. The summed E-state index contributed by atoms with van der Waals surface area (Å²) in [7, 11) is 1.62. The molecule has 0 bridgehead atoms. The molecular weight excluding hydrogens is 236 g/mol. The van der Waals surface area contributed by atoms with Gasteiger partial charge < -0.3 is 9.84 Å². The van der Waals surface area contributed by atoms with E-state index < -0.39 is 5.60 Å². The van der Waals surface area contributed by atoms with Gasteiger partial charge >= 0.3 is 0 Å². The van der Waals surface area contributed by atoms with Gasteiger partial charge in [-0.05, 0) is 38.0 Å². The van der Waals surface area contributed by atoms with Crippen LogP contribution in [-0.4, -0.2) is 12.2 Å². The third-order valence-electron chi connectivity index (χ3n) is 3.54. The van der Waals surface area contributed by atoms with Gasteiger partial charge in [-0.25, -0.2) is 0 Å². The Bertz CT molecular complexity index is 586. The predicted octanol–water partition coefficient (Wildman–Crippen LogP) is 3.57. The van der Waals surface area contributed by atoms with Crippen LogP contribution in [0.1, 0.15) is 29.2 Å². The Hall–Kier alpha value is -1.80. The second kappa shape index (κ2) is 5.06. The molecule has 0 saturated carbocycles. The van der Waals surface area contributed by atoms with Crippen LogP contribution in [0.3, 0.4) is 0 Å². The van der Waals surface area contributed by atoms with Crippen molar-refractivity contribution in [1.29, 1.82) is 0 Å². The fourth-order valence-electron chi connectivity index (χ4n) is 2.55. The van der Waals surface area contributed by atoms with Gasteiger partial charge in [0, 0.05) is 5.56 Å². The molecule has 19 heavy (non-hydrogen) atoms. The second-order valence-electron chi connectivity index (χ2n) is 5.09. The van der Waals surface area contributed by atoms with Crippen LogP contribution < -0.4 is 4.74 Å². The number of benzene rings is 2. The number of ether oxygens (including phenoxy) is 1. The number of methoxy groups -OCH3 is 1. The van der Waals surface area contributed by atoms with Gasteiger partial charge in [0.1, 0.15) is 11.4 Å². The molecule has 0 spiro atoms. The third-order valence-corrected chi connectivity index (χ3v) is 3.54. The van der Waals surface area contributed by atoms with E-state index in [0.29, 0.717) is 5.75 Å². The van der Waals surface area contributed by atoms with Crippen molar-refractivity contribution >= 4 is 0 Å². The topological polar surface area (TPSA) is 29.5 Å². The molecule has 1 atom stereocenters. The van der Waals surface area contributed by atoms with Gasteiger partial charge in [0.15, 0.2) is 0 Å². The van der Waals surface area contributed by atoms with E-state index in [1.165, 1.54) is 5.56 Å². The Balaban J connectivity index is 2.58. The Kier molecular flexibility index (Phi) is 3.63. The first-order chi connectivity index (χ1) is 8.96. The highest BCUT2D eigenvalue weighted by Crippen LogP contribution is 2.36. The van der Waals surface area contributed by atoms with Crippen molar-refractivity contribution in [2.45, 2.75) is 26.4 Å². The van der Waals surface area contributed by atoms with Crippen LogP contribution in [0, 0.1) is 13.8 Å². The maximum absolute atomic E-state index is 11.0. The van der Waals surface area contributed by atoms with Crippen LogP contribution in [0.2, 0.25) is 0 Å². The van der Waals surface area contributed by atoms with Gasteiger partial charge in [0.25, 0.3) is 0 Å². The van der Waals surface area contributed by atoms with Crippen molar-refractivity contribution in [3.63, 3.8) is 0 Å². The molecule has 0 fully saturated rings. The first-order valence-corrected chi connectivity index (χ1v) is 6.40. The zero-order chi connectivity index (χ0) is 14.0. The van der Waals surface area contributed by atoms with Gasteiger partial charge in [0.2, 0.25) is 0 Å². The summed E-state index contributed by atoms with van der Waals surface area (Å²) in [5.74, 6) is 0.701. The minimum atomic E-state index is -1.07. The SMILES string of the molecule is COc1ccccc1C(C)(O)c1ccc(C)cc1C. The van der Waals surface area contributed by atoms with E-state index >= 15 is 0 Å². The van der Waals surface area contributed by atoms with E-state index in [0.717, 1.165) is 16.7 Å². The lowest BCUT2D eigenvalue weighted by Crippen LogP contribution is -2.24. The average molecular weight is 256 g/mol. The number of hydrogen-bond acceptors (Lipinski definition) is 2. The van der Waals surface area contributed by atoms with Crippen molar-refractivity contribution in [3.8, 4) is 5.75 Å². The average Bonchev–Trinajstić information content (AvgIpc) is 2.38. The summed E-state index contributed by atoms with van der Waals surface area (Å²) in [6.07, 6.45) is 0. The fourth-order valence-corrected chi connectivity index (χ4v) is 2.55. The molecule has 2 aromatic rings. The lowest BCUT2D eigenvalue weighted by Gasteiger charge is -2.28. The number of para-hydroxylation sites is 1. The Labute approximate surface area is 114 Å². The number of hydrogen-bond donors (Lipinski definition) is 1. The molecule has 2 rings (SSSR count). The Morgan fingerprint density at radius 3 is 2.32 bits per heavy atom. The second-order valence-corrected chi connectivity index (χ2v) is 5.09. The minimum Gasteiger partial charge on any atom is -0.496 e. The minimum absolute atomic E-state index is 0.701. The Morgan fingerprint density at radius 1 is 1.00 bits per heavy atom. The van der Waals surface area contributed by atoms with Gasteiger partial charge in [-0.1, -0.05) is 42.0 Å². The number of aliphatic hydroxyl groups is 1. The quantitative estimate of drug-likeness (QED) is 0.909. The zero-order valence-corrected chi connectivity index (χ0v) is 11.9. The summed E-state index contributed by atoms with van der Waals surface area (Å²) in [6.45, 7) is 5.88. The van der Waals surface area contributed by atoms with E-state index in [-0.39, 0.29) is 0 Å². The smallest absolute Gasteiger partial charge is 0.125 e. The van der Waals surface area contributed by atoms with Crippen LogP contribution in [0.15, 0.2) is 42.5 Å². The van der Waals surface area contributed by atoms with Crippen molar-refractivity contribution in [2.75, 3.05) is 7.11 Å². The van der Waals surface area contributed by atoms with Crippen LogP contribution in [0.4, 0.5) is 0 Å². The van der Waals surface area contributed by atoms with Crippen LogP contribution >= 0.6 is 0 Å². The van der Waals surface area contributed by atoms with E-state index in [1.54, 1.807) is 7.11 Å². The van der Waals surface area contributed by atoms with Crippen molar-refractivity contribution in [3.05, 3.63) is 64.7 Å². The standard InChI is InChI=1S/C17H20O2/c1-12-9-10-14(13(2)11-12)17(3,18)15-7-5-6-8-16(15)19-4/h5-11,18H,1-4H3. The zero-order valence-electron chi connectivity index (χ0n) is 11.9. The summed E-state index contributed by atoms with van der Waals surface area (Å²) in [5, 5.41) is 11.0. The molecule has 0 aliphatic carbocycles. The molecule has 0 radical (unpaired) electrons. The van der Waals surface area contributed by atoms with Crippen molar-refractivity contribution in [1.82, 2.24) is 0 Å². The summed E-state index contributed by atoms with van der Waals surface area (Å²) >= 11 is 0. The normalized spacial score (nSPS) is 13.9. The highest BCUT2D eigenvalue weighted by atomic mass is 16.5. The lowest BCUT2D eigenvalue weighted by molar-refractivity contribution is 0.0983. The van der Waals surface area contributed by atoms with Crippen LogP contribution in [0.5, 0.6) is 5.75 Å². The summed E-state index contributed by atoms with van der Waals surface area (Å²) in [6, 6.07) is 13.7. The fraction of sp³-hybridized carbons (Fsp3) is 0.294. The van der Waals surface area contributed by atoms with E-state index in [4.69, 9.17) is 4.74 Å². The molecule has 0 amide bonds. The van der Waals surface area contributed by atoms with Gasteiger partial charge in [-0.2, -0.15) is 0 Å². The number of aryl methyl sites for hydroxylation is 2. The van der Waals surface area contributed by atoms with Crippen molar-refractivity contribution in [2.24, 2.45) is 0 Å². The summed E-state index contributed by atoms with van der Waals surface area (Å²) in [5.41, 5.74) is 2.89. The molecule has 2 aromatic carbocycles. The highest BCUT2D eigenvalue weighted by molar-refractivity contribution is 5.47. The Morgan fingerprint density at radius 2 is 1.68 bits per heavy atom. The largest absolute Gasteiger partial charge is 0.496 e. The number of rotatable bonds is 3. The highest BCUT2D eigenvalue weighted by Gasteiger charge is 2.30. The van der Waals surface area contributed by atoms with Gasteiger partial charge in [-0.15, -0.1) is 0 Å². The van der Waals surface area contributed by atoms with Crippen LogP contribution in [0.25, 0.3) is 0 Å². The first kappa shape index (κ1) is 13.6. The summed E-state index contributed by atoms with van der Waals surface area (Å²) < 4.78 is 5.36. The molecule has 0 aliphatic heterocycles. The molecule has 1 unspecified atom stereocenters. The molecule has 100 valence electrons. The maximum atomic E-state index is 11.0. The molecule has 0 aliphatic rings. The maximum Gasteiger partial charge on any atom is 0.125 e. The first-order valence-electron chi connectivity index (χ1n) is 6.40. The third kappa shape index (κ3) is 2.49. The van der Waals surface area contributed by atoms with E-state index in [9.17, 15) is 5.11 Å². The van der Waals surface area contributed by atoms with E-state index in [2.05, 4.69) is 13.0 Å². The molecule has 0 saturated heterocycles. The molecule has 2 heteroatoms. The lowest BCUT2D eigenvalue weighted by atomic mass is 9.84. The molecule has 0 heterocycles. The van der Waals surface area contributed by atoms with Crippen molar-refractivity contribution < 1.29 is 9.84 Å². The van der Waals surface area contributed by atoms with Crippen LogP contribution in [-0.2, 0) is 5.60 Å². The van der Waals surface area contributed by atoms with Gasteiger partial charge in [0.05, 0.1) is 7.11 Å².